The number of aryl methyl sites for hydroxylation is 2. The van der Waals surface area contributed by atoms with Gasteiger partial charge in [0.25, 0.3) is 0 Å². The minimum atomic E-state index is 0.185. The maximum atomic E-state index is 6.17. The molecule has 0 amide bonds. The molecule has 106 valence electrons. The van der Waals surface area contributed by atoms with Crippen LogP contribution in [-0.2, 0) is 0 Å². The van der Waals surface area contributed by atoms with Crippen LogP contribution in [0.2, 0.25) is 5.02 Å². The lowest BCUT2D eigenvalue weighted by Crippen LogP contribution is -2.23. The highest BCUT2D eigenvalue weighted by atomic mass is 127. The van der Waals surface area contributed by atoms with Crippen molar-refractivity contribution in [3.63, 3.8) is 0 Å². The molecule has 0 aliphatic rings. The van der Waals surface area contributed by atoms with E-state index in [0.717, 1.165) is 11.6 Å². The van der Waals surface area contributed by atoms with Crippen molar-refractivity contribution < 1.29 is 0 Å². The standard InChI is InChI=1S/C17H19ClIN/c1-4-20-17(13-6-5-11(2)12(3)9-13)15-10-14(18)7-8-16(15)19/h5-10,17,20H,4H2,1-3H3. The van der Waals surface area contributed by atoms with Crippen molar-refractivity contribution in [2.75, 3.05) is 6.54 Å². The van der Waals surface area contributed by atoms with Crippen molar-refractivity contribution in [3.05, 3.63) is 67.2 Å². The molecule has 0 spiro atoms. The van der Waals surface area contributed by atoms with Crippen LogP contribution in [-0.4, -0.2) is 6.54 Å². The molecule has 0 heterocycles. The third kappa shape index (κ3) is 3.54. The molecule has 0 bridgehead atoms. The van der Waals surface area contributed by atoms with Crippen LogP contribution in [0.15, 0.2) is 36.4 Å². The highest BCUT2D eigenvalue weighted by Gasteiger charge is 2.16. The second-order valence-electron chi connectivity index (χ2n) is 5.00. The topological polar surface area (TPSA) is 12.0 Å². The molecule has 1 atom stereocenters. The van der Waals surface area contributed by atoms with Gasteiger partial charge in [-0.15, -0.1) is 0 Å². The average molecular weight is 400 g/mol. The summed E-state index contributed by atoms with van der Waals surface area (Å²) in [4.78, 5) is 0. The largest absolute Gasteiger partial charge is 0.306 e. The summed E-state index contributed by atoms with van der Waals surface area (Å²) >= 11 is 8.55. The smallest absolute Gasteiger partial charge is 0.0587 e. The molecule has 0 fully saturated rings. The number of nitrogens with one attached hydrogen (secondary N) is 1. The lowest BCUT2D eigenvalue weighted by atomic mass is 9.95. The van der Waals surface area contributed by atoms with Gasteiger partial charge in [0.2, 0.25) is 0 Å². The van der Waals surface area contributed by atoms with Crippen molar-refractivity contribution in [1.82, 2.24) is 5.32 Å². The zero-order chi connectivity index (χ0) is 14.7. The number of benzene rings is 2. The quantitative estimate of drug-likeness (QED) is 0.692. The molecular weight excluding hydrogens is 381 g/mol. The second kappa shape index (κ2) is 6.92. The monoisotopic (exact) mass is 399 g/mol. The summed E-state index contributed by atoms with van der Waals surface area (Å²) in [6.07, 6.45) is 0. The molecule has 2 rings (SSSR count). The summed E-state index contributed by atoms with van der Waals surface area (Å²) in [6.45, 7) is 7.35. The van der Waals surface area contributed by atoms with Crippen molar-refractivity contribution >= 4 is 34.2 Å². The molecule has 3 heteroatoms. The third-order valence-corrected chi connectivity index (χ3v) is 4.76. The lowest BCUT2D eigenvalue weighted by Gasteiger charge is -2.21. The Bertz CT molecular complexity index is 610. The molecule has 2 aromatic rings. The molecule has 0 radical (unpaired) electrons. The highest BCUT2D eigenvalue weighted by Crippen LogP contribution is 2.29. The van der Waals surface area contributed by atoms with Crippen LogP contribution in [0, 0.1) is 17.4 Å². The molecule has 20 heavy (non-hydrogen) atoms. The molecule has 0 aliphatic heterocycles. The van der Waals surface area contributed by atoms with Crippen molar-refractivity contribution in [3.8, 4) is 0 Å². The number of hydrogen-bond acceptors (Lipinski definition) is 1. The van der Waals surface area contributed by atoms with Gasteiger partial charge in [-0.2, -0.15) is 0 Å². The molecule has 1 nitrogen and oxygen atoms in total. The van der Waals surface area contributed by atoms with E-state index in [-0.39, 0.29) is 6.04 Å². The Morgan fingerprint density at radius 2 is 1.85 bits per heavy atom. The Morgan fingerprint density at radius 3 is 2.50 bits per heavy atom. The van der Waals surface area contributed by atoms with Crippen LogP contribution in [0.25, 0.3) is 0 Å². The zero-order valence-corrected chi connectivity index (χ0v) is 14.9. The van der Waals surface area contributed by atoms with E-state index in [1.165, 1.54) is 25.8 Å². The van der Waals surface area contributed by atoms with Gasteiger partial charge in [-0.3, -0.25) is 0 Å². The van der Waals surface area contributed by atoms with Gasteiger partial charge in [-0.25, -0.2) is 0 Å². The fraction of sp³-hybridized carbons (Fsp3) is 0.294. The number of hydrogen-bond donors (Lipinski definition) is 1. The lowest BCUT2D eigenvalue weighted by molar-refractivity contribution is 0.628. The van der Waals surface area contributed by atoms with E-state index in [1.54, 1.807) is 0 Å². The SMILES string of the molecule is CCNC(c1ccc(C)c(C)c1)c1cc(Cl)ccc1I. The fourth-order valence-corrected chi connectivity index (χ4v) is 3.12. The molecule has 0 saturated carbocycles. The Labute approximate surface area is 139 Å². The Kier molecular flexibility index (Phi) is 5.47. The predicted molar refractivity (Wildman–Crippen MR) is 95.6 cm³/mol. The van der Waals surface area contributed by atoms with E-state index < -0.39 is 0 Å². The van der Waals surface area contributed by atoms with Gasteiger partial charge in [0.05, 0.1) is 6.04 Å². The third-order valence-electron chi connectivity index (χ3n) is 3.54. The fourth-order valence-electron chi connectivity index (χ4n) is 2.29. The molecule has 1 N–H and O–H groups in total. The van der Waals surface area contributed by atoms with Crippen molar-refractivity contribution in [2.45, 2.75) is 26.8 Å². The first-order valence-electron chi connectivity index (χ1n) is 6.78. The van der Waals surface area contributed by atoms with Crippen LogP contribution in [0.5, 0.6) is 0 Å². The van der Waals surface area contributed by atoms with Crippen LogP contribution in [0.4, 0.5) is 0 Å². The normalized spacial score (nSPS) is 12.4. The summed E-state index contributed by atoms with van der Waals surface area (Å²) in [5.74, 6) is 0. The van der Waals surface area contributed by atoms with Crippen LogP contribution in [0.1, 0.15) is 35.2 Å². The van der Waals surface area contributed by atoms with E-state index in [2.05, 4.69) is 79.0 Å². The summed E-state index contributed by atoms with van der Waals surface area (Å²) < 4.78 is 1.23. The molecule has 2 aromatic carbocycles. The molecule has 1 unspecified atom stereocenters. The van der Waals surface area contributed by atoms with E-state index in [1.807, 2.05) is 6.07 Å². The molecular formula is C17H19ClIN. The maximum Gasteiger partial charge on any atom is 0.0587 e. The van der Waals surface area contributed by atoms with E-state index in [9.17, 15) is 0 Å². The van der Waals surface area contributed by atoms with Gasteiger partial charge in [0.15, 0.2) is 0 Å². The van der Waals surface area contributed by atoms with Crippen molar-refractivity contribution in [2.24, 2.45) is 0 Å². The minimum Gasteiger partial charge on any atom is -0.306 e. The maximum absolute atomic E-state index is 6.17. The molecule has 0 aromatic heterocycles. The molecule has 0 aliphatic carbocycles. The van der Waals surface area contributed by atoms with Crippen LogP contribution in [0.3, 0.4) is 0 Å². The van der Waals surface area contributed by atoms with Gasteiger partial charge in [-0.05, 0) is 83.4 Å². The first-order chi connectivity index (χ1) is 9.52. The van der Waals surface area contributed by atoms with E-state index in [4.69, 9.17) is 11.6 Å². The van der Waals surface area contributed by atoms with Gasteiger partial charge in [0, 0.05) is 8.59 Å². The number of halogens is 2. The Morgan fingerprint density at radius 1 is 1.10 bits per heavy atom. The second-order valence-corrected chi connectivity index (χ2v) is 6.60. The van der Waals surface area contributed by atoms with Crippen molar-refractivity contribution in [1.29, 1.82) is 0 Å². The van der Waals surface area contributed by atoms with Gasteiger partial charge in [-0.1, -0.05) is 36.7 Å². The Balaban J connectivity index is 2.49. The first kappa shape index (κ1) is 15.8. The minimum absolute atomic E-state index is 0.185. The Hall–Kier alpha value is -0.580. The molecule has 0 saturated heterocycles. The van der Waals surface area contributed by atoms with E-state index in [0.29, 0.717) is 0 Å². The summed E-state index contributed by atoms with van der Waals surface area (Å²) in [7, 11) is 0. The van der Waals surface area contributed by atoms with E-state index >= 15 is 0 Å². The highest BCUT2D eigenvalue weighted by molar-refractivity contribution is 14.1. The zero-order valence-electron chi connectivity index (χ0n) is 12.0. The first-order valence-corrected chi connectivity index (χ1v) is 8.24. The van der Waals surface area contributed by atoms with Gasteiger partial charge >= 0.3 is 0 Å². The van der Waals surface area contributed by atoms with Crippen LogP contribution >= 0.6 is 34.2 Å². The van der Waals surface area contributed by atoms with Crippen LogP contribution < -0.4 is 5.32 Å². The average Bonchev–Trinajstić information content (AvgIpc) is 2.42. The summed E-state index contributed by atoms with van der Waals surface area (Å²) in [6, 6.07) is 12.9. The summed E-state index contributed by atoms with van der Waals surface area (Å²) in [5, 5.41) is 4.35. The number of rotatable bonds is 4. The van der Waals surface area contributed by atoms with Gasteiger partial charge in [0.1, 0.15) is 0 Å². The predicted octanol–water partition coefficient (Wildman–Crippen LogP) is 5.26. The summed E-state index contributed by atoms with van der Waals surface area (Å²) in [5.41, 5.74) is 5.17. The van der Waals surface area contributed by atoms with Gasteiger partial charge < -0.3 is 5.32 Å².